The fourth-order valence-corrected chi connectivity index (χ4v) is 2.18. The van der Waals surface area contributed by atoms with Gasteiger partial charge in [0.1, 0.15) is 0 Å². The quantitative estimate of drug-likeness (QED) is 0.811. The summed E-state index contributed by atoms with van der Waals surface area (Å²) in [6.45, 7) is 2.90. The second-order valence-corrected chi connectivity index (χ2v) is 5.03. The molecule has 1 aromatic heterocycles. The number of aryl methyl sites for hydroxylation is 1. The lowest BCUT2D eigenvalue weighted by atomic mass is 10.2. The van der Waals surface area contributed by atoms with Crippen molar-refractivity contribution in [2.24, 2.45) is 0 Å². The molecule has 0 amide bonds. The summed E-state index contributed by atoms with van der Waals surface area (Å²) in [5.74, 6) is 0. The first-order chi connectivity index (χ1) is 8.22. The maximum Gasteiger partial charge on any atom is 0.261 e. The number of rotatable bonds is 4. The zero-order chi connectivity index (χ0) is 12.3. The van der Waals surface area contributed by atoms with E-state index < -0.39 is 0 Å². The van der Waals surface area contributed by atoms with E-state index in [0.717, 1.165) is 35.8 Å². The van der Waals surface area contributed by atoms with E-state index in [4.69, 9.17) is 0 Å². The first-order valence-electron chi connectivity index (χ1n) is 5.87. The van der Waals surface area contributed by atoms with Gasteiger partial charge < -0.3 is 0 Å². The van der Waals surface area contributed by atoms with E-state index in [9.17, 15) is 4.79 Å². The molecule has 0 unspecified atom stereocenters. The van der Waals surface area contributed by atoms with Crippen LogP contribution in [0.3, 0.4) is 0 Å². The number of nitrogens with zero attached hydrogens (tertiary/aromatic N) is 2. The normalized spacial score (nSPS) is 10.9. The molecular formula is C13H15BrN2O. The van der Waals surface area contributed by atoms with E-state index in [1.54, 1.807) is 10.9 Å². The Labute approximate surface area is 109 Å². The maximum absolute atomic E-state index is 12.2. The number of hydrogen-bond acceptors (Lipinski definition) is 2. The predicted molar refractivity (Wildman–Crippen MR) is 73.2 cm³/mol. The van der Waals surface area contributed by atoms with Crippen molar-refractivity contribution >= 4 is 26.8 Å². The highest BCUT2D eigenvalue weighted by molar-refractivity contribution is 9.10. The smallest absolute Gasteiger partial charge is 0.261 e. The van der Waals surface area contributed by atoms with Gasteiger partial charge in [-0.3, -0.25) is 9.36 Å². The number of halogens is 1. The Morgan fingerprint density at radius 3 is 2.94 bits per heavy atom. The highest BCUT2D eigenvalue weighted by Gasteiger charge is 2.04. The molecule has 2 aromatic rings. The van der Waals surface area contributed by atoms with Crippen LogP contribution in [0.2, 0.25) is 0 Å². The van der Waals surface area contributed by atoms with Crippen LogP contribution >= 0.6 is 15.9 Å². The van der Waals surface area contributed by atoms with Crippen molar-refractivity contribution in [2.45, 2.75) is 32.7 Å². The van der Waals surface area contributed by atoms with E-state index in [1.165, 1.54) is 0 Å². The Hall–Kier alpha value is -1.16. The summed E-state index contributed by atoms with van der Waals surface area (Å²) in [6, 6.07) is 5.59. The second-order valence-electron chi connectivity index (χ2n) is 4.11. The summed E-state index contributed by atoms with van der Waals surface area (Å²) >= 11 is 3.38. The summed E-state index contributed by atoms with van der Waals surface area (Å²) in [6.07, 6.45) is 4.97. The summed E-state index contributed by atoms with van der Waals surface area (Å²) in [4.78, 5) is 16.5. The Morgan fingerprint density at radius 2 is 2.18 bits per heavy atom. The molecule has 17 heavy (non-hydrogen) atoms. The zero-order valence-electron chi connectivity index (χ0n) is 9.82. The lowest BCUT2D eigenvalue weighted by Crippen LogP contribution is -2.20. The molecular weight excluding hydrogens is 280 g/mol. The van der Waals surface area contributed by atoms with E-state index in [-0.39, 0.29) is 5.56 Å². The van der Waals surface area contributed by atoms with Crippen molar-refractivity contribution in [3.8, 4) is 0 Å². The van der Waals surface area contributed by atoms with Crippen LogP contribution in [0, 0.1) is 0 Å². The molecule has 0 fully saturated rings. The third-order valence-corrected chi connectivity index (χ3v) is 3.28. The minimum Gasteiger partial charge on any atom is -0.299 e. The zero-order valence-corrected chi connectivity index (χ0v) is 11.4. The summed E-state index contributed by atoms with van der Waals surface area (Å²) < 4.78 is 2.61. The average molecular weight is 295 g/mol. The van der Waals surface area contributed by atoms with Crippen LogP contribution in [0.15, 0.2) is 33.8 Å². The Morgan fingerprint density at radius 1 is 1.35 bits per heavy atom. The molecule has 0 spiro atoms. The van der Waals surface area contributed by atoms with E-state index >= 15 is 0 Å². The van der Waals surface area contributed by atoms with Gasteiger partial charge in [0.05, 0.1) is 17.2 Å². The number of unbranched alkanes of at least 4 members (excludes halogenated alkanes) is 2. The number of benzene rings is 1. The van der Waals surface area contributed by atoms with Gasteiger partial charge in [0.2, 0.25) is 0 Å². The molecule has 90 valence electrons. The lowest BCUT2D eigenvalue weighted by molar-refractivity contribution is 0.584. The van der Waals surface area contributed by atoms with Crippen LogP contribution < -0.4 is 5.56 Å². The second kappa shape index (κ2) is 5.45. The van der Waals surface area contributed by atoms with Crippen LogP contribution in [0.5, 0.6) is 0 Å². The van der Waals surface area contributed by atoms with Crippen LogP contribution in [0.1, 0.15) is 26.2 Å². The van der Waals surface area contributed by atoms with Crippen molar-refractivity contribution in [1.29, 1.82) is 0 Å². The molecule has 2 rings (SSSR count). The number of fused-ring (bicyclic) bond motifs is 1. The number of aromatic nitrogens is 2. The third-order valence-electron chi connectivity index (χ3n) is 2.79. The van der Waals surface area contributed by atoms with Gasteiger partial charge >= 0.3 is 0 Å². The van der Waals surface area contributed by atoms with Crippen molar-refractivity contribution < 1.29 is 0 Å². The minimum absolute atomic E-state index is 0.0485. The predicted octanol–water partition coefficient (Wildman–Crippen LogP) is 3.35. The summed E-state index contributed by atoms with van der Waals surface area (Å²) in [7, 11) is 0. The van der Waals surface area contributed by atoms with Gasteiger partial charge in [-0.25, -0.2) is 4.98 Å². The van der Waals surface area contributed by atoms with Crippen LogP contribution in [-0.4, -0.2) is 9.55 Å². The molecule has 0 saturated heterocycles. The highest BCUT2D eigenvalue weighted by Crippen LogP contribution is 2.14. The average Bonchev–Trinajstić information content (AvgIpc) is 2.33. The van der Waals surface area contributed by atoms with E-state index in [0.29, 0.717) is 5.39 Å². The van der Waals surface area contributed by atoms with Gasteiger partial charge in [-0.15, -0.1) is 0 Å². The Bertz CT molecular complexity index is 577. The first-order valence-corrected chi connectivity index (χ1v) is 6.66. The molecule has 1 aromatic carbocycles. The van der Waals surface area contributed by atoms with Crippen molar-refractivity contribution in [3.63, 3.8) is 0 Å². The largest absolute Gasteiger partial charge is 0.299 e. The molecule has 0 saturated carbocycles. The third kappa shape index (κ3) is 2.75. The molecule has 3 nitrogen and oxygen atoms in total. The van der Waals surface area contributed by atoms with Gasteiger partial charge in [0.15, 0.2) is 0 Å². The van der Waals surface area contributed by atoms with Crippen molar-refractivity contribution in [2.75, 3.05) is 0 Å². The van der Waals surface area contributed by atoms with Gasteiger partial charge in [-0.2, -0.15) is 0 Å². The fraction of sp³-hybridized carbons (Fsp3) is 0.385. The molecule has 0 aliphatic heterocycles. The Balaban J connectivity index is 2.39. The minimum atomic E-state index is 0.0485. The molecule has 0 bridgehead atoms. The van der Waals surface area contributed by atoms with Gasteiger partial charge in [0.25, 0.3) is 5.56 Å². The summed E-state index contributed by atoms with van der Waals surface area (Å²) in [5, 5.41) is 0.679. The van der Waals surface area contributed by atoms with Crippen molar-refractivity contribution in [1.82, 2.24) is 9.55 Å². The van der Waals surface area contributed by atoms with Crippen molar-refractivity contribution in [3.05, 3.63) is 39.4 Å². The number of hydrogen-bond donors (Lipinski definition) is 0. The first kappa shape index (κ1) is 12.3. The molecule has 0 N–H and O–H groups in total. The molecule has 0 aliphatic carbocycles. The molecule has 0 atom stereocenters. The van der Waals surface area contributed by atoms with E-state index in [1.807, 2.05) is 18.2 Å². The highest BCUT2D eigenvalue weighted by atomic mass is 79.9. The van der Waals surface area contributed by atoms with Crippen LogP contribution in [-0.2, 0) is 6.54 Å². The fourth-order valence-electron chi connectivity index (χ4n) is 1.82. The molecule has 4 heteroatoms. The monoisotopic (exact) mass is 294 g/mol. The van der Waals surface area contributed by atoms with Gasteiger partial charge in [0, 0.05) is 11.0 Å². The summed E-state index contributed by atoms with van der Waals surface area (Å²) in [5.41, 5.74) is 0.803. The molecule has 0 aliphatic rings. The maximum atomic E-state index is 12.2. The van der Waals surface area contributed by atoms with Crippen LogP contribution in [0.25, 0.3) is 10.9 Å². The van der Waals surface area contributed by atoms with Gasteiger partial charge in [-0.05, 0) is 24.6 Å². The lowest BCUT2D eigenvalue weighted by Gasteiger charge is -2.06. The van der Waals surface area contributed by atoms with E-state index in [2.05, 4.69) is 27.8 Å². The standard InChI is InChI=1S/C13H15BrN2O/c1-2-3-4-7-16-9-15-12-6-5-10(14)8-11(12)13(16)17/h5-6,8-9H,2-4,7H2,1H3. The van der Waals surface area contributed by atoms with Gasteiger partial charge in [-0.1, -0.05) is 35.7 Å². The Kier molecular flexibility index (Phi) is 3.94. The molecule has 0 radical (unpaired) electrons. The van der Waals surface area contributed by atoms with Crippen LogP contribution in [0.4, 0.5) is 0 Å². The SMILES string of the molecule is CCCCCn1cnc2ccc(Br)cc2c1=O. The molecule has 1 heterocycles. The topological polar surface area (TPSA) is 34.9 Å².